The molecule has 0 fully saturated rings. The summed E-state index contributed by atoms with van der Waals surface area (Å²) in [5.41, 5.74) is 0.910. The van der Waals surface area contributed by atoms with Gasteiger partial charge in [-0.1, -0.05) is 10.3 Å². The maximum absolute atomic E-state index is 10.6. The number of nitrogens with one attached hydrogen (secondary N) is 1. The smallest absolute Gasteiger partial charge is 1.00 e. The second-order valence-corrected chi connectivity index (χ2v) is 3.14. The van der Waals surface area contributed by atoms with Crippen LogP contribution in [0.15, 0.2) is 24.3 Å². The first-order chi connectivity index (χ1) is 7.18. The Kier molecular flexibility index (Phi) is 7.41. The fourth-order valence-electron chi connectivity index (χ4n) is 1.12. The molecule has 2 rings (SSSR count). The normalized spacial score (nSPS) is 8.94. The van der Waals surface area contributed by atoms with Crippen molar-refractivity contribution >= 4 is 18.2 Å². The molecule has 0 saturated carbocycles. The minimum Gasteiger partial charge on any atom is -1.00 e. The molecule has 0 unspecified atom stereocenters. The molecule has 0 aliphatic rings. The van der Waals surface area contributed by atoms with Crippen LogP contribution in [0.3, 0.4) is 0 Å². The summed E-state index contributed by atoms with van der Waals surface area (Å²) in [5, 5.41) is 18.4. The van der Waals surface area contributed by atoms with Gasteiger partial charge in [-0.05, 0) is 36.5 Å². The number of hydrogen-bond donors (Lipinski definition) is 2. The summed E-state index contributed by atoms with van der Waals surface area (Å²) in [5.74, 6) is -0.965. The second-order valence-electron chi connectivity index (χ2n) is 2.77. The number of carbonyl (C=O) groups is 1. The zero-order valence-corrected chi connectivity index (χ0v) is 14.2. The maximum atomic E-state index is 10.6. The van der Waals surface area contributed by atoms with Crippen LogP contribution in [0.2, 0.25) is 0 Å². The molecule has 2 aromatic rings. The maximum Gasteiger partial charge on any atom is 1.00 e. The molecule has 0 radical (unpaired) electrons. The Morgan fingerprint density at radius 3 is 2.35 bits per heavy atom. The van der Waals surface area contributed by atoms with Gasteiger partial charge in [0.05, 0.1) is 11.3 Å². The zero-order chi connectivity index (χ0) is 10.8. The molecule has 6 nitrogen and oxygen atoms in total. The average molecular weight is 270 g/mol. The second kappa shape index (κ2) is 7.42. The molecule has 0 amide bonds. The minimum absolute atomic E-state index is 0. The number of aromatic amines is 1. The number of H-pyrrole nitrogens is 1. The number of carboxylic acids is 1. The van der Waals surface area contributed by atoms with Crippen molar-refractivity contribution < 1.29 is 71.9 Å². The minimum atomic E-state index is -0.965. The van der Waals surface area contributed by atoms with Crippen molar-refractivity contribution in [3.63, 3.8) is 0 Å². The summed E-state index contributed by atoms with van der Waals surface area (Å²) in [4.78, 5) is 10.6. The van der Waals surface area contributed by atoms with Gasteiger partial charge in [-0.2, -0.15) is 5.21 Å². The number of nitrogens with zero attached hydrogens (tertiary/aromatic N) is 3. The summed E-state index contributed by atoms with van der Waals surface area (Å²) in [6.45, 7) is 0. The standard InChI is InChI=1S/C8H6N4O2S.2Na.2H/c13-7(14)5-1-3-6(4-2-5)12-8(15)9-10-11-12;;;;/h1-4H,(H,13,14)(H,9,11,15);;;;/q;2*+1;2*-1. The van der Waals surface area contributed by atoms with Gasteiger partial charge < -0.3 is 7.96 Å². The Morgan fingerprint density at radius 2 is 1.94 bits per heavy atom. The van der Waals surface area contributed by atoms with Gasteiger partial charge in [0, 0.05) is 0 Å². The first kappa shape index (κ1) is 17.0. The number of tetrazole rings is 1. The molecule has 2 N–H and O–H groups in total. The first-order valence-corrected chi connectivity index (χ1v) is 4.43. The molecule has 80 valence electrons. The summed E-state index contributed by atoms with van der Waals surface area (Å²) in [6.07, 6.45) is 0. The van der Waals surface area contributed by atoms with Crippen LogP contribution < -0.4 is 59.1 Å². The molecule has 17 heavy (non-hydrogen) atoms. The van der Waals surface area contributed by atoms with Gasteiger partial charge in [-0.3, -0.25) is 0 Å². The Labute approximate surface area is 149 Å². The molecule has 0 aliphatic carbocycles. The molecular weight excluding hydrogens is 262 g/mol. The van der Waals surface area contributed by atoms with Crippen molar-refractivity contribution in [1.29, 1.82) is 0 Å². The molecule has 0 bridgehead atoms. The summed E-state index contributed by atoms with van der Waals surface area (Å²) in [7, 11) is 0. The Bertz CT molecular complexity index is 560. The third kappa shape index (κ3) is 3.99. The van der Waals surface area contributed by atoms with Gasteiger partial charge in [0.15, 0.2) is 0 Å². The topological polar surface area (TPSA) is 83.8 Å². The van der Waals surface area contributed by atoms with E-state index in [2.05, 4.69) is 15.5 Å². The molecular formula is C8H8N4Na2O2S. The molecule has 1 aromatic heterocycles. The summed E-state index contributed by atoms with van der Waals surface area (Å²) >= 11 is 4.89. The van der Waals surface area contributed by atoms with Crippen LogP contribution in [-0.2, 0) is 0 Å². The van der Waals surface area contributed by atoms with E-state index in [1.54, 1.807) is 12.1 Å². The van der Waals surface area contributed by atoms with E-state index in [4.69, 9.17) is 17.3 Å². The number of rotatable bonds is 2. The van der Waals surface area contributed by atoms with Crippen LogP contribution in [0.1, 0.15) is 13.2 Å². The van der Waals surface area contributed by atoms with E-state index in [1.165, 1.54) is 16.8 Å². The predicted octanol–water partition coefficient (Wildman–Crippen LogP) is -4.74. The summed E-state index contributed by atoms with van der Waals surface area (Å²) in [6, 6.07) is 6.22. The van der Waals surface area contributed by atoms with E-state index >= 15 is 0 Å². The van der Waals surface area contributed by atoms with Gasteiger partial charge in [-0.15, -0.1) is 0 Å². The van der Waals surface area contributed by atoms with Crippen molar-refractivity contribution in [2.45, 2.75) is 0 Å². The molecule has 0 spiro atoms. The molecule has 0 aliphatic heterocycles. The fraction of sp³-hybridized carbons (Fsp3) is 0. The van der Waals surface area contributed by atoms with E-state index in [0.717, 1.165) is 0 Å². The van der Waals surface area contributed by atoms with Gasteiger partial charge >= 0.3 is 65.1 Å². The Morgan fingerprint density at radius 1 is 1.35 bits per heavy atom. The van der Waals surface area contributed by atoms with Crippen molar-refractivity contribution in [1.82, 2.24) is 20.2 Å². The number of benzene rings is 1. The van der Waals surface area contributed by atoms with Gasteiger partial charge in [0.2, 0.25) is 4.77 Å². The van der Waals surface area contributed by atoms with Gasteiger partial charge in [0.1, 0.15) is 0 Å². The van der Waals surface area contributed by atoms with Crippen molar-refractivity contribution in [2.75, 3.05) is 0 Å². The quantitative estimate of drug-likeness (QED) is 0.423. The summed E-state index contributed by atoms with van der Waals surface area (Å²) < 4.78 is 1.76. The largest absolute Gasteiger partial charge is 1.00 e. The third-order valence-electron chi connectivity index (χ3n) is 1.84. The molecule has 9 heteroatoms. The number of aromatic carboxylic acids is 1. The van der Waals surface area contributed by atoms with Crippen LogP contribution >= 0.6 is 12.2 Å². The van der Waals surface area contributed by atoms with E-state index in [-0.39, 0.29) is 72.3 Å². The van der Waals surface area contributed by atoms with E-state index in [0.29, 0.717) is 5.69 Å². The molecule has 0 saturated heterocycles. The van der Waals surface area contributed by atoms with Crippen molar-refractivity contribution in [2.24, 2.45) is 0 Å². The van der Waals surface area contributed by atoms with E-state index in [1.807, 2.05) is 0 Å². The molecule has 0 atom stereocenters. The van der Waals surface area contributed by atoms with E-state index in [9.17, 15) is 4.79 Å². The molecule has 1 heterocycles. The van der Waals surface area contributed by atoms with Gasteiger partial charge in [-0.25, -0.2) is 9.48 Å². The van der Waals surface area contributed by atoms with Crippen molar-refractivity contribution in [3.05, 3.63) is 34.6 Å². The number of aromatic nitrogens is 4. The fourth-order valence-corrected chi connectivity index (χ4v) is 1.31. The SMILES string of the molecule is O=C(O)c1ccc(-n2[nH]nnc2=S)cc1.[H-].[H-].[Na+].[Na+]. The van der Waals surface area contributed by atoms with Gasteiger partial charge in [0.25, 0.3) is 0 Å². The van der Waals surface area contributed by atoms with E-state index < -0.39 is 5.97 Å². The van der Waals surface area contributed by atoms with Crippen LogP contribution in [0.25, 0.3) is 5.69 Å². The van der Waals surface area contributed by atoms with Crippen molar-refractivity contribution in [3.8, 4) is 5.69 Å². The Balaban J connectivity index is -0.000000640. The monoisotopic (exact) mass is 270 g/mol. The number of carboxylic acid groups (broad SMARTS) is 1. The third-order valence-corrected chi connectivity index (χ3v) is 2.11. The average Bonchev–Trinajstić information content (AvgIpc) is 2.65. The predicted molar refractivity (Wildman–Crippen MR) is 55.7 cm³/mol. The van der Waals surface area contributed by atoms with Crippen LogP contribution in [-0.4, -0.2) is 31.3 Å². The van der Waals surface area contributed by atoms with Crippen LogP contribution in [0.5, 0.6) is 0 Å². The Hall–Kier alpha value is -0.0200. The van der Waals surface area contributed by atoms with Crippen LogP contribution in [0, 0.1) is 4.77 Å². The number of hydrogen-bond acceptors (Lipinski definition) is 4. The first-order valence-electron chi connectivity index (χ1n) is 4.02. The molecule has 1 aromatic carbocycles. The van der Waals surface area contributed by atoms with Crippen LogP contribution in [0.4, 0.5) is 0 Å². The zero-order valence-electron chi connectivity index (χ0n) is 11.4.